The van der Waals surface area contributed by atoms with Crippen LogP contribution in [-0.4, -0.2) is 0 Å². The zero-order valence-corrected chi connectivity index (χ0v) is 12.6. The summed E-state index contributed by atoms with van der Waals surface area (Å²) in [7, 11) is 0. The minimum atomic E-state index is -0.186. The first kappa shape index (κ1) is 14.4. The molecule has 0 aliphatic heterocycles. The van der Waals surface area contributed by atoms with Crippen LogP contribution in [0.25, 0.3) is 0 Å². The number of rotatable bonds is 5. The maximum atomic E-state index is 6.51. The van der Waals surface area contributed by atoms with Gasteiger partial charge in [-0.3, -0.25) is 0 Å². The van der Waals surface area contributed by atoms with Crippen LogP contribution in [0.3, 0.4) is 0 Å². The normalized spacial score (nSPS) is 12.4. The molecule has 100 valence electrons. The standard InChI is InChI=1S/C17H18Cl2/c1-2-3-6-13-9-11-14(12-10-13)17(19)15-7-4-5-8-16(15)18/h4-5,7-12,17H,2-3,6H2,1H3. The molecule has 0 saturated heterocycles. The Morgan fingerprint density at radius 1 is 1.00 bits per heavy atom. The van der Waals surface area contributed by atoms with E-state index in [0.717, 1.165) is 22.6 Å². The SMILES string of the molecule is CCCCc1ccc(C(Cl)c2ccccc2Cl)cc1. The maximum Gasteiger partial charge on any atom is 0.0849 e. The number of hydrogen-bond acceptors (Lipinski definition) is 0. The largest absolute Gasteiger partial charge is 0.113 e. The maximum absolute atomic E-state index is 6.51. The quantitative estimate of drug-likeness (QED) is 0.592. The lowest BCUT2D eigenvalue weighted by atomic mass is 10.0. The van der Waals surface area contributed by atoms with Gasteiger partial charge in [-0.2, -0.15) is 0 Å². The topological polar surface area (TPSA) is 0 Å². The molecule has 0 fully saturated rings. The lowest BCUT2D eigenvalue weighted by Gasteiger charge is -2.12. The Balaban J connectivity index is 2.16. The third-order valence-electron chi connectivity index (χ3n) is 3.27. The molecule has 0 radical (unpaired) electrons. The highest BCUT2D eigenvalue weighted by atomic mass is 35.5. The van der Waals surface area contributed by atoms with E-state index in [2.05, 4.69) is 31.2 Å². The van der Waals surface area contributed by atoms with Crippen molar-refractivity contribution < 1.29 is 0 Å². The Morgan fingerprint density at radius 3 is 2.32 bits per heavy atom. The summed E-state index contributed by atoms with van der Waals surface area (Å²) in [6, 6.07) is 16.3. The van der Waals surface area contributed by atoms with Crippen LogP contribution in [0.15, 0.2) is 48.5 Å². The van der Waals surface area contributed by atoms with E-state index in [9.17, 15) is 0 Å². The predicted octanol–water partition coefficient (Wildman–Crippen LogP) is 6.01. The fraction of sp³-hybridized carbons (Fsp3) is 0.294. The molecule has 2 heteroatoms. The molecule has 1 atom stereocenters. The van der Waals surface area contributed by atoms with Crippen LogP contribution < -0.4 is 0 Å². The van der Waals surface area contributed by atoms with Gasteiger partial charge >= 0.3 is 0 Å². The molecule has 0 nitrogen and oxygen atoms in total. The van der Waals surface area contributed by atoms with Crippen LogP contribution in [-0.2, 0) is 6.42 Å². The number of hydrogen-bond donors (Lipinski definition) is 0. The molecule has 0 bridgehead atoms. The molecule has 0 N–H and O–H groups in total. The summed E-state index contributed by atoms with van der Waals surface area (Å²) >= 11 is 12.7. The fourth-order valence-corrected chi connectivity index (χ4v) is 2.73. The summed E-state index contributed by atoms with van der Waals surface area (Å²) in [6.07, 6.45) is 3.59. The minimum absolute atomic E-state index is 0.186. The monoisotopic (exact) mass is 292 g/mol. The highest BCUT2D eigenvalue weighted by molar-refractivity contribution is 6.33. The van der Waals surface area contributed by atoms with Crippen molar-refractivity contribution in [3.05, 3.63) is 70.2 Å². The van der Waals surface area contributed by atoms with Gasteiger partial charge in [0.15, 0.2) is 0 Å². The van der Waals surface area contributed by atoms with Gasteiger partial charge in [-0.1, -0.05) is 67.4 Å². The molecule has 2 aromatic carbocycles. The van der Waals surface area contributed by atoms with Crippen LogP contribution in [0, 0.1) is 0 Å². The smallest absolute Gasteiger partial charge is 0.0849 e. The van der Waals surface area contributed by atoms with Crippen LogP contribution >= 0.6 is 23.2 Å². The van der Waals surface area contributed by atoms with Gasteiger partial charge in [-0.05, 0) is 35.6 Å². The molecule has 0 heterocycles. The number of halogens is 2. The van der Waals surface area contributed by atoms with Crippen molar-refractivity contribution >= 4 is 23.2 Å². The molecule has 2 rings (SSSR count). The lowest BCUT2D eigenvalue weighted by Crippen LogP contribution is -1.95. The first-order valence-electron chi connectivity index (χ1n) is 6.69. The summed E-state index contributed by atoms with van der Waals surface area (Å²) < 4.78 is 0. The first-order valence-corrected chi connectivity index (χ1v) is 7.51. The molecular formula is C17H18Cl2. The van der Waals surface area contributed by atoms with Crippen LogP contribution in [0.2, 0.25) is 5.02 Å². The lowest BCUT2D eigenvalue weighted by molar-refractivity contribution is 0.794. The zero-order chi connectivity index (χ0) is 13.7. The third kappa shape index (κ3) is 3.75. The average Bonchev–Trinajstić information content (AvgIpc) is 2.45. The Labute approximate surface area is 125 Å². The first-order chi connectivity index (χ1) is 9.22. The molecular weight excluding hydrogens is 275 g/mol. The van der Waals surface area contributed by atoms with Gasteiger partial charge in [0.2, 0.25) is 0 Å². The molecule has 1 unspecified atom stereocenters. The summed E-state index contributed by atoms with van der Waals surface area (Å²) in [5, 5.41) is 0.534. The van der Waals surface area contributed by atoms with Crippen molar-refractivity contribution in [1.29, 1.82) is 0 Å². The van der Waals surface area contributed by atoms with E-state index in [1.54, 1.807) is 0 Å². The van der Waals surface area contributed by atoms with Gasteiger partial charge in [0.25, 0.3) is 0 Å². The Hall–Kier alpha value is -0.980. The van der Waals surface area contributed by atoms with Gasteiger partial charge in [0, 0.05) is 5.02 Å². The molecule has 0 aromatic heterocycles. The Bertz CT molecular complexity index is 517. The van der Waals surface area contributed by atoms with E-state index in [-0.39, 0.29) is 5.38 Å². The second-order valence-electron chi connectivity index (χ2n) is 4.73. The molecule has 0 spiro atoms. The van der Waals surface area contributed by atoms with E-state index in [4.69, 9.17) is 23.2 Å². The zero-order valence-electron chi connectivity index (χ0n) is 11.1. The summed E-state index contributed by atoms with van der Waals surface area (Å²) in [5.41, 5.74) is 3.43. The predicted molar refractivity (Wildman–Crippen MR) is 84.2 cm³/mol. The van der Waals surface area contributed by atoms with E-state index < -0.39 is 0 Å². The van der Waals surface area contributed by atoms with Crippen molar-refractivity contribution in [3.63, 3.8) is 0 Å². The van der Waals surface area contributed by atoms with Crippen molar-refractivity contribution in [2.45, 2.75) is 31.6 Å². The average molecular weight is 293 g/mol. The van der Waals surface area contributed by atoms with E-state index >= 15 is 0 Å². The number of unbranched alkanes of at least 4 members (excludes halogenated alkanes) is 1. The summed E-state index contributed by atoms with van der Waals surface area (Å²) in [4.78, 5) is 0. The second kappa shape index (κ2) is 6.98. The fourth-order valence-electron chi connectivity index (χ4n) is 2.09. The second-order valence-corrected chi connectivity index (χ2v) is 5.57. The molecule has 0 saturated carbocycles. The number of aryl methyl sites for hydroxylation is 1. The van der Waals surface area contributed by atoms with Crippen molar-refractivity contribution in [2.24, 2.45) is 0 Å². The third-order valence-corrected chi connectivity index (χ3v) is 4.10. The van der Waals surface area contributed by atoms with Crippen LogP contribution in [0.4, 0.5) is 0 Å². The van der Waals surface area contributed by atoms with Crippen LogP contribution in [0.5, 0.6) is 0 Å². The van der Waals surface area contributed by atoms with E-state index in [0.29, 0.717) is 0 Å². The van der Waals surface area contributed by atoms with Crippen molar-refractivity contribution in [2.75, 3.05) is 0 Å². The van der Waals surface area contributed by atoms with Crippen molar-refractivity contribution in [1.82, 2.24) is 0 Å². The van der Waals surface area contributed by atoms with Gasteiger partial charge in [0.1, 0.15) is 0 Å². The number of benzene rings is 2. The van der Waals surface area contributed by atoms with E-state index in [1.807, 2.05) is 24.3 Å². The highest BCUT2D eigenvalue weighted by Gasteiger charge is 2.13. The number of alkyl halides is 1. The minimum Gasteiger partial charge on any atom is -0.113 e. The van der Waals surface area contributed by atoms with Gasteiger partial charge < -0.3 is 0 Å². The van der Waals surface area contributed by atoms with Gasteiger partial charge in [-0.15, -0.1) is 11.6 Å². The molecule has 2 aromatic rings. The summed E-state index contributed by atoms with van der Waals surface area (Å²) in [5.74, 6) is 0. The molecule has 0 aliphatic carbocycles. The van der Waals surface area contributed by atoms with Crippen LogP contribution in [0.1, 0.15) is 41.8 Å². The van der Waals surface area contributed by atoms with Gasteiger partial charge in [0.05, 0.1) is 5.38 Å². The van der Waals surface area contributed by atoms with Gasteiger partial charge in [-0.25, -0.2) is 0 Å². The van der Waals surface area contributed by atoms with Crippen molar-refractivity contribution in [3.8, 4) is 0 Å². The Morgan fingerprint density at radius 2 is 1.68 bits per heavy atom. The molecule has 19 heavy (non-hydrogen) atoms. The van der Waals surface area contributed by atoms with E-state index in [1.165, 1.54) is 18.4 Å². The Kier molecular flexibility index (Phi) is 5.30. The molecule has 0 aliphatic rings. The highest BCUT2D eigenvalue weighted by Crippen LogP contribution is 2.33. The molecule has 0 amide bonds. The summed E-state index contributed by atoms with van der Waals surface area (Å²) in [6.45, 7) is 2.21.